The number of ether oxygens (including phenoxy) is 1. The Balaban J connectivity index is 1.76. The minimum Gasteiger partial charge on any atom is -0.455 e. The van der Waals surface area contributed by atoms with Gasteiger partial charge in [-0.1, -0.05) is 11.6 Å². The third kappa shape index (κ3) is 2.83. The Morgan fingerprint density at radius 1 is 1.33 bits per heavy atom. The highest BCUT2D eigenvalue weighted by molar-refractivity contribution is 6.31. The molecule has 3 aromatic rings. The van der Waals surface area contributed by atoms with Crippen LogP contribution in [0.3, 0.4) is 0 Å². The monoisotopic (exact) mass is 302 g/mol. The van der Waals surface area contributed by atoms with E-state index in [4.69, 9.17) is 26.5 Å². The van der Waals surface area contributed by atoms with Crippen LogP contribution in [0.15, 0.2) is 47.1 Å². The van der Waals surface area contributed by atoms with Crippen molar-refractivity contribution in [3.8, 4) is 0 Å². The molecule has 0 unspecified atom stereocenters. The summed E-state index contributed by atoms with van der Waals surface area (Å²) in [5, 5.41) is 1.20. The van der Waals surface area contributed by atoms with Gasteiger partial charge >= 0.3 is 5.97 Å². The SMILES string of the molecule is Nc1ccc2oc(C(=O)OCc3ccncc3Cl)cc2c1. The zero-order valence-electron chi connectivity index (χ0n) is 10.9. The summed E-state index contributed by atoms with van der Waals surface area (Å²) in [6.07, 6.45) is 3.08. The molecule has 106 valence electrons. The molecule has 0 bridgehead atoms. The number of carbonyl (C=O) groups is 1. The number of nitrogens with two attached hydrogens (primary N) is 1. The predicted octanol–water partition coefficient (Wildman–Crippen LogP) is 3.42. The molecule has 0 atom stereocenters. The van der Waals surface area contributed by atoms with Crippen molar-refractivity contribution in [3.63, 3.8) is 0 Å². The molecule has 0 radical (unpaired) electrons. The summed E-state index contributed by atoms with van der Waals surface area (Å²) in [4.78, 5) is 15.8. The first-order chi connectivity index (χ1) is 10.1. The number of aromatic nitrogens is 1. The van der Waals surface area contributed by atoms with Gasteiger partial charge in [-0.15, -0.1) is 0 Å². The van der Waals surface area contributed by atoms with Gasteiger partial charge in [0.1, 0.15) is 12.2 Å². The number of esters is 1. The van der Waals surface area contributed by atoms with E-state index in [9.17, 15) is 4.79 Å². The molecule has 1 aromatic carbocycles. The standard InChI is InChI=1S/C15H11ClN2O3/c16-12-7-18-4-3-9(12)8-20-15(19)14-6-10-5-11(17)1-2-13(10)21-14/h1-7H,8,17H2. The van der Waals surface area contributed by atoms with Crippen LogP contribution in [-0.4, -0.2) is 11.0 Å². The van der Waals surface area contributed by atoms with Crippen LogP contribution in [0.5, 0.6) is 0 Å². The fourth-order valence-electron chi connectivity index (χ4n) is 1.90. The van der Waals surface area contributed by atoms with E-state index in [1.165, 1.54) is 6.20 Å². The molecule has 0 spiro atoms. The third-order valence-corrected chi connectivity index (χ3v) is 3.30. The molecular formula is C15H11ClN2O3. The Morgan fingerprint density at radius 2 is 2.19 bits per heavy atom. The van der Waals surface area contributed by atoms with E-state index in [1.54, 1.807) is 36.5 Å². The number of anilines is 1. The maximum Gasteiger partial charge on any atom is 0.374 e. The molecule has 5 nitrogen and oxygen atoms in total. The van der Waals surface area contributed by atoms with E-state index in [1.807, 2.05) is 0 Å². The average molecular weight is 303 g/mol. The van der Waals surface area contributed by atoms with Crippen LogP contribution in [-0.2, 0) is 11.3 Å². The lowest BCUT2D eigenvalue weighted by atomic mass is 10.2. The van der Waals surface area contributed by atoms with Crippen LogP contribution < -0.4 is 5.73 Å². The van der Waals surface area contributed by atoms with Gasteiger partial charge in [0.25, 0.3) is 0 Å². The Bertz CT molecular complexity index is 814. The van der Waals surface area contributed by atoms with E-state index in [0.717, 1.165) is 5.39 Å². The second-order valence-electron chi connectivity index (χ2n) is 4.45. The highest BCUT2D eigenvalue weighted by Gasteiger charge is 2.14. The first-order valence-corrected chi connectivity index (χ1v) is 6.56. The Morgan fingerprint density at radius 3 is 3.00 bits per heavy atom. The lowest BCUT2D eigenvalue weighted by Crippen LogP contribution is -2.04. The fourth-order valence-corrected chi connectivity index (χ4v) is 2.07. The molecule has 0 saturated carbocycles. The zero-order chi connectivity index (χ0) is 14.8. The van der Waals surface area contributed by atoms with Crippen LogP contribution in [0, 0.1) is 0 Å². The van der Waals surface area contributed by atoms with Gasteiger partial charge in [-0.05, 0) is 30.3 Å². The summed E-state index contributed by atoms with van der Waals surface area (Å²) in [5.74, 6) is -0.432. The van der Waals surface area contributed by atoms with Gasteiger partial charge in [0.05, 0.1) is 5.02 Å². The number of pyridine rings is 1. The molecule has 0 aliphatic rings. The first kappa shape index (κ1) is 13.5. The highest BCUT2D eigenvalue weighted by atomic mass is 35.5. The molecule has 0 saturated heterocycles. The van der Waals surface area contributed by atoms with Gasteiger partial charge in [-0.2, -0.15) is 0 Å². The first-order valence-electron chi connectivity index (χ1n) is 6.18. The largest absolute Gasteiger partial charge is 0.455 e. The zero-order valence-corrected chi connectivity index (χ0v) is 11.6. The maximum atomic E-state index is 12.0. The summed E-state index contributed by atoms with van der Waals surface area (Å²) in [7, 11) is 0. The second-order valence-corrected chi connectivity index (χ2v) is 4.86. The highest BCUT2D eigenvalue weighted by Crippen LogP contribution is 2.23. The van der Waals surface area contributed by atoms with Crippen LogP contribution >= 0.6 is 11.6 Å². The summed E-state index contributed by atoms with van der Waals surface area (Å²) < 4.78 is 10.6. The number of carbonyl (C=O) groups excluding carboxylic acids is 1. The molecule has 21 heavy (non-hydrogen) atoms. The second kappa shape index (κ2) is 5.46. The van der Waals surface area contributed by atoms with Crippen molar-refractivity contribution in [2.24, 2.45) is 0 Å². The molecule has 0 aliphatic carbocycles. The smallest absolute Gasteiger partial charge is 0.374 e. The van der Waals surface area contributed by atoms with Crippen LogP contribution in [0.4, 0.5) is 5.69 Å². The van der Waals surface area contributed by atoms with E-state index in [2.05, 4.69) is 4.98 Å². The topological polar surface area (TPSA) is 78.3 Å². The molecular weight excluding hydrogens is 292 g/mol. The van der Waals surface area contributed by atoms with Crippen molar-refractivity contribution < 1.29 is 13.9 Å². The normalized spacial score (nSPS) is 10.7. The molecule has 2 heterocycles. The number of furan rings is 1. The summed E-state index contributed by atoms with van der Waals surface area (Å²) in [5.41, 5.74) is 7.55. The molecule has 0 amide bonds. The number of hydrogen-bond donors (Lipinski definition) is 1. The molecule has 0 aliphatic heterocycles. The molecule has 0 fully saturated rings. The van der Waals surface area contributed by atoms with Crippen molar-refractivity contribution in [1.29, 1.82) is 0 Å². The number of fused-ring (bicyclic) bond motifs is 1. The van der Waals surface area contributed by atoms with Crippen molar-refractivity contribution in [2.45, 2.75) is 6.61 Å². The molecule has 6 heteroatoms. The lowest BCUT2D eigenvalue weighted by Gasteiger charge is -2.04. The van der Waals surface area contributed by atoms with E-state index in [-0.39, 0.29) is 12.4 Å². The lowest BCUT2D eigenvalue weighted by molar-refractivity contribution is 0.0439. The Hall–Kier alpha value is -2.53. The van der Waals surface area contributed by atoms with Crippen molar-refractivity contribution in [3.05, 3.63) is 59.1 Å². The molecule has 2 N–H and O–H groups in total. The van der Waals surface area contributed by atoms with Crippen LogP contribution in [0.25, 0.3) is 11.0 Å². The van der Waals surface area contributed by atoms with Crippen molar-refractivity contribution in [1.82, 2.24) is 4.98 Å². The summed E-state index contributed by atoms with van der Waals surface area (Å²) in [6, 6.07) is 8.44. The fraction of sp³-hybridized carbons (Fsp3) is 0.0667. The van der Waals surface area contributed by atoms with Gasteiger partial charge in [0.2, 0.25) is 5.76 Å². The minimum atomic E-state index is -0.558. The van der Waals surface area contributed by atoms with E-state index >= 15 is 0 Å². The van der Waals surface area contributed by atoms with Gasteiger partial charge in [-0.25, -0.2) is 4.79 Å². The van der Waals surface area contributed by atoms with Gasteiger partial charge in [-0.3, -0.25) is 4.98 Å². The van der Waals surface area contributed by atoms with Gasteiger partial charge in [0.15, 0.2) is 0 Å². The average Bonchev–Trinajstić information content (AvgIpc) is 2.89. The van der Waals surface area contributed by atoms with Crippen LogP contribution in [0.1, 0.15) is 16.1 Å². The number of hydrogen-bond acceptors (Lipinski definition) is 5. The number of halogens is 1. The minimum absolute atomic E-state index is 0.0549. The number of nitrogen functional groups attached to an aromatic ring is 1. The quantitative estimate of drug-likeness (QED) is 0.592. The third-order valence-electron chi connectivity index (χ3n) is 2.96. The maximum absolute atomic E-state index is 12.0. The number of nitrogens with zero attached hydrogens (tertiary/aromatic N) is 1. The molecule has 2 aromatic heterocycles. The number of rotatable bonds is 3. The van der Waals surface area contributed by atoms with E-state index in [0.29, 0.717) is 21.9 Å². The van der Waals surface area contributed by atoms with E-state index < -0.39 is 5.97 Å². The number of benzene rings is 1. The van der Waals surface area contributed by atoms with Crippen LogP contribution in [0.2, 0.25) is 5.02 Å². The Kier molecular flexibility index (Phi) is 3.50. The Labute approximate surface area is 125 Å². The van der Waals surface area contributed by atoms with Crippen molar-refractivity contribution >= 4 is 34.2 Å². The predicted molar refractivity (Wildman–Crippen MR) is 79.0 cm³/mol. The van der Waals surface area contributed by atoms with Gasteiger partial charge in [0, 0.05) is 29.0 Å². The van der Waals surface area contributed by atoms with Crippen molar-refractivity contribution in [2.75, 3.05) is 5.73 Å². The summed E-state index contributed by atoms with van der Waals surface area (Å²) >= 11 is 5.94. The summed E-state index contributed by atoms with van der Waals surface area (Å²) in [6.45, 7) is 0.0549. The molecule has 3 rings (SSSR count). The van der Waals surface area contributed by atoms with Gasteiger partial charge < -0.3 is 14.9 Å².